The van der Waals surface area contributed by atoms with Crippen LogP contribution >= 0.6 is 23.2 Å². The van der Waals surface area contributed by atoms with Gasteiger partial charge in [-0.15, -0.1) is 4.40 Å². The van der Waals surface area contributed by atoms with Gasteiger partial charge >= 0.3 is 0 Å². The zero-order valence-corrected chi connectivity index (χ0v) is 19.3. The van der Waals surface area contributed by atoms with Crippen molar-refractivity contribution in [3.05, 3.63) is 57.7 Å². The summed E-state index contributed by atoms with van der Waals surface area (Å²) in [7, 11) is -3.43. The number of rotatable bonds is 6. The molecule has 3 heterocycles. The van der Waals surface area contributed by atoms with Crippen LogP contribution in [0.15, 0.2) is 46.5 Å². The number of carbonyl (C=O) groups is 1. The Morgan fingerprint density at radius 1 is 1.10 bits per heavy atom. The van der Waals surface area contributed by atoms with E-state index < -0.39 is 10.0 Å². The molecule has 0 N–H and O–H groups in total. The molecule has 0 atom stereocenters. The molecule has 3 aliphatic heterocycles. The third-order valence-corrected chi connectivity index (χ3v) is 7.50. The summed E-state index contributed by atoms with van der Waals surface area (Å²) in [6.45, 7) is 4.18. The number of fused-ring (bicyclic) bond motifs is 1. The van der Waals surface area contributed by atoms with E-state index in [1.165, 1.54) is 12.8 Å². The molecule has 10 heteroatoms. The minimum atomic E-state index is -3.43. The van der Waals surface area contributed by atoms with Gasteiger partial charge in [0, 0.05) is 32.4 Å². The van der Waals surface area contributed by atoms with Crippen LogP contribution in [-0.2, 0) is 21.4 Å². The van der Waals surface area contributed by atoms with Gasteiger partial charge in [-0.3, -0.25) is 4.79 Å². The Morgan fingerprint density at radius 3 is 2.61 bits per heavy atom. The number of hydrogen-bond acceptors (Lipinski definition) is 5. The van der Waals surface area contributed by atoms with E-state index in [1.54, 1.807) is 40.3 Å². The van der Waals surface area contributed by atoms with E-state index in [-0.39, 0.29) is 18.2 Å². The van der Waals surface area contributed by atoms with Gasteiger partial charge in [0.15, 0.2) is 0 Å². The van der Waals surface area contributed by atoms with Crippen LogP contribution in [0.25, 0.3) is 0 Å². The molecule has 1 aromatic rings. The Morgan fingerprint density at radius 2 is 1.87 bits per heavy atom. The van der Waals surface area contributed by atoms with Gasteiger partial charge in [0.05, 0.1) is 21.4 Å². The van der Waals surface area contributed by atoms with Gasteiger partial charge in [0.2, 0.25) is 0 Å². The first-order chi connectivity index (χ1) is 14.8. The van der Waals surface area contributed by atoms with Crippen molar-refractivity contribution < 1.29 is 13.2 Å². The lowest BCUT2D eigenvalue weighted by atomic mass is 10.1. The first kappa shape index (κ1) is 22.3. The summed E-state index contributed by atoms with van der Waals surface area (Å²) in [6, 6.07) is 5.39. The van der Waals surface area contributed by atoms with Crippen molar-refractivity contribution in [1.82, 2.24) is 14.7 Å². The van der Waals surface area contributed by atoms with E-state index in [1.807, 2.05) is 6.07 Å². The molecule has 0 spiro atoms. The van der Waals surface area contributed by atoms with Crippen LogP contribution in [0.5, 0.6) is 0 Å². The Kier molecular flexibility index (Phi) is 6.71. The number of benzene rings is 1. The molecule has 1 fully saturated rings. The van der Waals surface area contributed by atoms with Gasteiger partial charge in [-0.1, -0.05) is 29.3 Å². The number of carbonyl (C=O) groups excluding carboxylic acids is 1. The average Bonchev–Trinajstić information content (AvgIpc) is 3.26. The van der Waals surface area contributed by atoms with E-state index in [9.17, 15) is 13.2 Å². The molecule has 0 aromatic heterocycles. The molecule has 166 valence electrons. The normalized spacial score (nSPS) is 20.3. The number of amides is 1. The second kappa shape index (κ2) is 9.32. The fraction of sp³-hybridized carbons (Fsp3) is 0.429. The topological polar surface area (TPSA) is 73.3 Å². The summed E-state index contributed by atoms with van der Waals surface area (Å²) in [5.41, 5.74) is 1.40. The summed E-state index contributed by atoms with van der Waals surface area (Å²) in [5.74, 6) is 0.162. The highest BCUT2D eigenvalue weighted by molar-refractivity contribution is 7.90. The van der Waals surface area contributed by atoms with Crippen LogP contribution in [0, 0.1) is 0 Å². The smallest absolute Gasteiger partial charge is 0.256 e. The molecule has 7 nitrogen and oxygen atoms in total. The Balaban J connectivity index is 1.53. The summed E-state index contributed by atoms with van der Waals surface area (Å²) >= 11 is 12.2. The predicted octanol–water partition coefficient (Wildman–Crippen LogP) is 2.92. The van der Waals surface area contributed by atoms with Crippen LogP contribution in [0.4, 0.5) is 0 Å². The number of amidine groups is 1. The Labute approximate surface area is 192 Å². The van der Waals surface area contributed by atoms with Crippen LogP contribution in [0.3, 0.4) is 0 Å². The van der Waals surface area contributed by atoms with Crippen LogP contribution in [0.1, 0.15) is 18.4 Å². The maximum atomic E-state index is 13.4. The van der Waals surface area contributed by atoms with E-state index in [0.717, 1.165) is 25.2 Å². The first-order valence-corrected chi connectivity index (χ1v) is 12.6. The van der Waals surface area contributed by atoms with Crippen molar-refractivity contribution in [2.75, 3.05) is 38.5 Å². The SMILES string of the molecule is O=C(C1=CN2CCS(=O)(=O)N=C2C=C1)N(CCN1CCCC1)Cc1ccc(Cl)c(Cl)c1. The molecule has 0 saturated carbocycles. The van der Waals surface area contributed by atoms with Crippen molar-refractivity contribution >= 4 is 45.0 Å². The van der Waals surface area contributed by atoms with Gasteiger partial charge in [-0.2, -0.15) is 0 Å². The summed E-state index contributed by atoms with van der Waals surface area (Å²) < 4.78 is 27.2. The van der Waals surface area contributed by atoms with Crippen molar-refractivity contribution in [1.29, 1.82) is 0 Å². The maximum absolute atomic E-state index is 13.4. The monoisotopic (exact) mass is 482 g/mol. The molecular formula is C21H24Cl2N4O3S. The largest absolute Gasteiger partial charge is 0.333 e. The van der Waals surface area contributed by atoms with Crippen LogP contribution in [0.2, 0.25) is 10.0 Å². The quantitative estimate of drug-likeness (QED) is 0.622. The molecule has 3 aliphatic rings. The molecule has 4 rings (SSSR count). The first-order valence-electron chi connectivity index (χ1n) is 10.3. The van der Waals surface area contributed by atoms with Gasteiger partial charge in [0.25, 0.3) is 15.9 Å². The third-order valence-electron chi connectivity index (χ3n) is 5.60. The average molecular weight is 483 g/mol. The number of hydrogen-bond donors (Lipinski definition) is 0. The number of halogens is 2. The van der Waals surface area contributed by atoms with E-state index in [2.05, 4.69) is 9.30 Å². The molecule has 1 amide bonds. The molecule has 0 bridgehead atoms. The standard InChI is InChI=1S/C21H24Cl2N4O3S/c22-18-5-3-16(13-19(18)23)14-27(10-9-25-7-1-2-8-25)21(28)17-4-6-20-24-31(29,30)12-11-26(20)15-17/h3-6,13,15H,1-2,7-12,14H2. The summed E-state index contributed by atoms with van der Waals surface area (Å²) in [6.07, 6.45) is 7.29. The van der Waals surface area contributed by atoms with Crippen molar-refractivity contribution in [3.63, 3.8) is 0 Å². The van der Waals surface area contributed by atoms with Gasteiger partial charge < -0.3 is 14.7 Å². The molecule has 0 aliphatic carbocycles. The zero-order chi connectivity index (χ0) is 22.0. The molecule has 0 radical (unpaired) electrons. The zero-order valence-electron chi connectivity index (χ0n) is 17.0. The van der Waals surface area contributed by atoms with Gasteiger partial charge in [-0.25, -0.2) is 8.42 Å². The van der Waals surface area contributed by atoms with Crippen LogP contribution < -0.4 is 0 Å². The molecule has 31 heavy (non-hydrogen) atoms. The molecule has 0 unspecified atom stereocenters. The summed E-state index contributed by atoms with van der Waals surface area (Å²) in [5, 5.41) is 0.934. The van der Waals surface area contributed by atoms with Crippen molar-refractivity contribution in [2.45, 2.75) is 19.4 Å². The highest BCUT2D eigenvalue weighted by Crippen LogP contribution is 2.24. The fourth-order valence-electron chi connectivity index (χ4n) is 3.89. The second-order valence-electron chi connectivity index (χ2n) is 7.87. The predicted molar refractivity (Wildman–Crippen MR) is 123 cm³/mol. The third kappa shape index (κ3) is 5.49. The van der Waals surface area contributed by atoms with Crippen molar-refractivity contribution in [3.8, 4) is 0 Å². The van der Waals surface area contributed by atoms with Crippen LogP contribution in [-0.4, -0.2) is 73.3 Å². The second-order valence-corrected chi connectivity index (χ2v) is 10.4. The fourth-order valence-corrected chi connectivity index (χ4v) is 5.18. The number of sulfonamides is 1. The minimum absolute atomic E-state index is 0.0652. The lowest BCUT2D eigenvalue weighted by molar-refractivity contribution is -0.127. The van der Waals surface area contributed by atoms with E-state index in [4.69, 9.17) is 23.2 Å². The lowest BCUT2D eigenvalue weighted by Crippen LogP contribution is -2.41. The number of likely N-dealkylation sites (tertiary alicyclic amines) is 1. The lowest BCUT2D eigenvalue weighted by Gasteiger charge is -2.30. The van der Waals surface area contributed by atoms with E-state index >= 15 is 0 Å². The Bertz CT molecular complexity index is 1060. The minimum Gasteiger partial charge on any atom is -0.333 e. The Hall–Kier alpha value is -1.87. The number of nitrogens with zero attached hydrogens (tertiary/aromatic N) is 4. The molecule has 1 saturated heterocycles. The molecule has 1 aromatic carbocycles. The highest BCUT2D eigenvalue weighted by atomic mass is 35.5. The maximum Gasteiger partial charge on any atom is 0.256 e. The van der Waals surface area contributed by atoms with Gasteiger partial charge in [0.1, 0.15) is 5.84 Å². The van der Waals surface area contributed by atoms with Crippen molar-refractivity contribution in [2.24, 2.45) is 4.40 Å². The van der Waals surface area contributed by atoms with Gasteiger partial charge in [-0.05, 0) is 55.8 Å². The summed E-state index contributed by atoms with van der Waals surface area (Å²) in [4.78, 5) is 19.3. The van der Waals surface area contributed by atoms with E-state index in [0.29, 0.717) is 34.5 Å². The molecular weight excluding hydrogens is 459 g/mol. The highest BCUT2D eigenvalue weighted by Gasteiger charge is 2.27.